The molecule has 0 spiro atoms. The maximum absolute atomic E-state index is 9.70. The first-order valence-corrected chi connectivity index (χ1v) is 6.07. The molecule has 0 aromatic heterocycles. The number of aliphatic hydroxyl groups excluding tert-OH is 2. The molecule has 78 valence electrons. The van der Waals surface area contributed by atoms with Crippen LogP contribution in [0.1, 0.15) is 39.5 Å². The quantitative estimate of drug-likeness (QED) is 0.736. The first-order valence-electron chi connectivity index (χ1n) is 5.13. The molecule has 2 N–H and O–H groups in total. The van der Waals surface area contributed by atoms with E-state index in [1.165, 1.54) is 6.42 Å². The number of rotatable bonds is 3. The van der Waals surface area contributed by atoms with E-state index in [2.05, 4.69) is 0 Å². The molecule has 0 heterocycles. The minimum absolute atomic E-state index is 0.153. The molecule has 1 saturated carbocycles. The fraction of sp³-hybridized carbons (Fsp3) is 1.00. The van der Waals surface area contributed by atoms with Crippen LogP contribution in [0, 0.1) is 0 Å². The fourth-order valence-corrected chi connectivity index (χ4v) is 3.02. The zero-order valence-electron chi connectivity index (χ0n) is 8.44. The van der Waals surface area contributed by atoms with Crippen LogP contribution in [-0.4, -0.2) is 32.9 Å². The van der Waals surface area contributed by atoms with E-state index in [0.29, 0.717) is 5.25 Å². The van der Waals surface area contributed by atoms with E-state index in [1.807, 2.05) is 13.8 Å². The number of hydrogen-bond donors (Lipinski definition) is 2. The third kappa shape index (κ3) is 3.49. The Morgan fingerprint density at radius 3 is 2.38 bits per heavy atom. The second-order valence-electron chi connectivity index (χ2n) is 3.97. The molecule has 1 rings (SSSR count). The monoisotopic (exact) mass is 204 g/mol. The van der Waals surface area contributed by atoms with Crippen molar-refractivity contribution in [2.24, 2.45) is 0 Å². The van der Waals surface area contributed by atoms with E-state index in [0.717, 1.165) is 19.3 Å². The lowest BCUT2D eigenvalue weighted by Gasteiger charge is -2.30. The molecule has 0 saturated heterocycles. The summed E-state index contributed by atoms with van der Waals surface area (Å²) in [5, 5.41) is 19.6. The molecule has 1 fully saturated rings. The largest absolute Gasteiger partial charge is 0.392 e. The van der Waals surface area contributed by atoms with Crippen LogP contribution in [0.5, 0.6) is 0 Å². The van der Waals surface area contributed by atoms with Gasteiger partial charge < -0.3 is 10.2 Å². The normalized spacial score (nSPS) is 34.2. The molecule has 4 unspecified atom stereocenters. The second kappa shape index (κ2) is 5.23. The Labute approximate surface area is 84.7 Å². The van der Waals surface area contributed by atoms with Gasteiger partial charge in [0.25, 0.3) is 0 Å². The Balaban J connectivity index is 2.33. The van der Waals surface area contributed by atoms with Crippen LogP contribution >= 0.6 is 11.8 Å². The smallest absolute Gasteiger partial charge is 0.0658 e. The van der Waals surface area contributed by atoms with E-state index < -0.39 is 0 Å². The van der Waals surface area contributed by atoms with Crippen LogP contribution < -0.4 is 0 Å². The van der Waals surface area contributed by atoms with Crippen molar-refractivity contribution in [2.45, 2.75) is 62.2 Å². The van der Waals surface area contributed by atoms with Gasteiger partial charge in [-0.3, -0.25) is 0 Å². The molecule has 3 heteroatoms. The lowest BCUT2D eigenvalue weighted by atomic mass is 9.97. The number of hydrogen-bond acceptors (Lipinski definition) is 3. The summed E-state index contributed by atoms with van der Waals surface area (Å²) >= 11 is 1.74. The molecule has 1 aliphatic carbocycles. The highest BCUT2D eigenvalue weighted by atomic mass is 32.2. The molecule has 0 aromatic carbocycles. The minimum Gasteiger partial charge on any atom is -0.392 e. The maximum atomic E-state index is 9.70. The number of aliphatic hydroxyl groups is 2. The Morgan fingerprint density at radius 1 is 1.23 bits per heavy atom. The van der Waals surface area contributed by atoms with Gasteiger partial charge in [-0.25, -0.2) is 0 Å². The SMILES string of the molecule is CC(O)C(C)SC1CCCCC1O. The third-order valence-corrected chi connectivity index (χ3v) is 4.46. The van der Waals surface area contributed by atoms with Crippen molar-refractivity contribution in [2.75, 3.05) is 0 Å². The molecular weight excluding hydrogens is 184 g/mol. The van der Waals surface area contributed by atoms with Gasteiger partial charge in [-0.2, -0.15) is 11.8 Å². The lowest BCUT2D eigenvalue weighted by molar-refractivity contribution is 0.135. The van der Waals surface area contributed by atoms with Gasteiger partial charge in [0.2, 0.25) is 0 Å². The summed E-state index contributed by atoms with van der Waals surface area (Å²) in [6.45, 7) is 3.84. The molecule has 13 heavy (non-hydrogen) atoms. The summed E-state index contributed by atoms with van der Waals surface area (Å²) in [5.41, 5.74) is 0. The van der Waals surface area contributed by atoms with Crippen molar-refractivity contribution in [1.29, 1.82) is 0 Å². The Bertz CT molecular complexity index is 150. The molecule has 2 nitrogen and oxygen atoms in total. The highest BCUT2D eigenvalue weighted by molar-refractivity contribution is 8.00. The van der Waals surface area contributed by atoms with Gasteiger partial charge in [0.1, 0.15) is 0 Å². The van der Waals surface area contributed by atoms with Crippen molar-refractivity contribution in [3.8, 4) is 0 Å². The predicted molar refractivity (Wildman–Crippen MR) is 57.0 cm³/mol. The topological polar surface area (TPSA) is 40.5 Å². The number of thioether (sulfide) groups is 1. The molecular formula is C10H20O2S. The molecule has 0 amide bonds. The second-order valence-corrected chi connectivity index (χ2v) is 5.59. The van der Waals surface area contributed by atoms with E-state index >= 15 is 0 Å². The van der Waals surface area contributed by atoms with Crippen LogP contribution in [0.4, 0.5) is 0 Å². The maximum Gasteiger partial charge on any atom is 0.0658 e. The molecule has 0 aromatic rings. The Morgan fingerprint density at radius 2 is 1.85 bits per heavy atom. The average Bonchev–Trinajstić information content (AvgIpc) is 2.08. The summed E-state index contributed by atoms with van der Waals surface area (Å²) in [6, 6.07) is 0. The van der Waals surface area contributed by atoms with Crippen LogP contribution in [0.15, 0.2) is 0 Å². The third-order valence-electron chi connectivity index (χ3n) is 2.74. The van der Waals surface area contributed by atoms with Gasteiger partial charge in [-0.15, -0.1) is 0 Å². The Kier molecular flexibility index (Phi) is 4.56. The van der Waals surface area contributed by atoms with E-state index in [-0.39, 0.29) is 17.5 Å². The van der Waals surface area contributed by atoms with Gasteiger partial charge in [0, 0.05) is 10.5 Å². The highest BCUT2D eigenvalue weighted by Crippen LogP contribution is 2.32. The molecule has 0 bridgehead atoms. The van der Waals surface area contributed by atoms with Gasteiger partial charge in [0.15, 0.2) is 0 Å². The van der Waals surface area contributed by atoms with Gasteiger partial charge in [-0.05, 0) is 19.8 Å². The summed E-state index contributed by atoms with van der Waals surface area (Å²) in [4.78, 5) is 0. The van der Waals surface area contributed by atoms with Crippen molar-refractivity contribution < 1.29 is 10.2 Å². The van der Waals surface area contributed by atoms with Crippen molar-refractivity contribution in [3.63, 3.8) is 0 Å². The fourth-order valence-electron chi connectivity index (χ4n) is 1.63. The van der Waals surface area contributed by atoms with Crippen molar-refractivity contribution in [3.05, 3.63) is 0 Å². The predicted octanol–water partition coefficient (Wildman–Crippen LogP) is 1.79. The van der Waals surface area contributed by atoms with Gasteiger partial charge >= 0.3 is 0 Å². The van der Waals surface area contributed by atoms with E-state index in [4.69, 9.17) is 0 Å². The molecule has 0 radical (unpaired) electrons. The lowest BCUT2D eigenvalue weighted by Crippen LogP contribution is -2.30. The van der Waals surface area contributed by atoms with E-state index in [1.54, 1.807) is 11.8 Å². The summed E-state index contributed by atoms with van der Waals surface area (Å²) < 4.78 is 0. The highest BCUT2D eigenvalue weighted by Gasteiger charge is 2.26. The van der Waals surface area contributed by atoms with Crippen LogP contribution in [0.25, 0.3) is 0 Å². The van der Waals surface area contributed by atoms with Crippen LogP contribution in [-0.2, 0) is 0 Å². The van der Waals surface area contributed by atoms with Crippen LogP contribution in [0.3, 0.4) is 0 Å². The first-order chi connectivity index (χ1) is 6.11. The van der Waals surface area contributed by atoms with E-state index in [9.17, 15) is 10.2 Å². The van der Waals surface area contributed by atoms with Gasteiger partial charge in [0.05, 0.1) is 12.2 Å². The first kappa shape index (κ1) is 11.3. The molecule has 4 atom stereocenters. The van der Waals surface area contributed by atoms with Crippen molar-refractivity contribution in [1.82, 2.24) is 0 Å². The Hall–Kier alpha value is 0.270. The minimum atomic E-state index is -0.279. The summed E-state index contributed by atoms with van der Waals surface area (Å²) in [7, 11) is 0. The standard InChI is InChI=1S/C10H20O2S/c1-7(11)8(2)13-10-6-4-3-5-9(10)12/h7-12H,3-6H2,1-2H3. The summed E-state index contributed by atoms with van der Waals surface area (Å²) in [6.07, 6.45) is 3.98. The average molecular weight is 204 g/mol. The molecule has 1 aliphatic rings. The zero-order chi connectivity index (χ0) is 9.84. The van der Waals surface area contributed by atoms with Crippen LogP contribution in [0.2, 0.25) is 0 Å². The van der Waals surface area contributed by atoms with Crippen molar-refractivity contribution >= 4 is 11.8 Å². The zero-order valence-corrected chi connectivity index (χ0v) is 9.26. The van der Waals surface area contributed by atoms with Gasteiger partial charge in [-0.1, -0.05) is 19.8 Å². The summed E-state index contributed by atoms with van der Waals surface area (Å²) in [5.74, 6) is 0. The molecule has 0 aliphatic heterocycles.